The van der Waals surface area contributed by atoms with E-state index in [1.165, 1.54) is 30.5 Å². The number of halogens is 39. The van der Waals surface area contributed by atoms with Crippen LogP contribution >= 0.6 is 71.0 Å². The predicted octanol–water partition coefficient (Wildman–Crippen LogP) is 27.2. The van der Waals surface area contributed by atoms with E-state index in [9.17, 15) is 165 Å². The zero-order valence-electron chi connectivity index (χ0n) is 65.8. The third kappa shape index (κ3) is 23.1. The number of nitrogens with zero attached hydrogens (tertiary/aromatic N) is 6. The molecule has 0 bridgehead atoms. The van der Waals surface area contributed by atoms with E-state index in [0.717, 1.165) is 93.8 Å². The number of hydrogen-bond donors (Lipinski definition) is 3. The number of rotatable bonds is 21. The first kappa shape index (κ1) is 106. The first-order chi connectivity index (χ1) is 62.0. The molecule has 3 fully saturated rings. The van der Waals surface area contributed by atoms with Crippen molar-refractivity contribution in [2.75, 3.05) is 50.3 Å². The molecular weight excluding hydrogens is 2150 g/mol. The molecule has 15 nitrogen and oxygen atoms in total. The Balaban J connectivity index is 0.000000209. The number of alkyl halides is 30. The fourth-order valence-electron chi connectivity index (χ4n) is 12.7. The SMILES string of the molecule is O=C(Nc1c(Br)cc(C(F)(C(F)(F)F)C(F)(F)F)cc1C(F)(F)F)c1cccc(N(CC2CC2)C(=O)c2ccc(Cl)nc2)c1F.O=C(Nc1c(Br)cc(C(F)(C(F)(F)F)C(F)(F)F)cc1C(F)(F)F)c1cccc(N(CC2CC2)C(=O)c2ccc(F)nc2)c1F.O=C(Nc1c(Br)cc(C(F)(C(F)(F)F)C(F)(F)F)cc1C(F)(F)F)c1cccc(N(CC2CC2)C(=O)c2ccnc(Cl)c2)c1F. The fraction of sp³-hybridized carbons (Fsp3) is 0.296. The van der Waals surface area contributed by atoms with Crippen molar-refractivity contribution in [1.29, 1.82) is 0 Å². The highest BCUT2D eigenvalue weighted by molar-refractivity contribution is 9.11. The number of hydrogen-bond acceptors (Lipinski definition) is 9. The van der Waals surface area contributed by atoms with Crippen LogP contribution in [0.3, 0.4) is 0 Å². The van der Waals surface area contributed by atoms with Gasteiger partial charge in [0.2, 0.25) is 5.95 Å². The van der Waals surface area contributed by atoms with Gasteiger partial charge >= 0.3 is 72.6 Å². The van der Waals surface area contributed by atoms with Crippen LogP contribution < -0.4 is 30.7 Å². The summed E-state index contributed by atoms with van der Waals surface area (Å²) < 4.78 is 464. The molecule has 3 N–H and O–H groups in total. The topological polar surface area (TPSA) is 187 Å². The summed E-state index contributed by atoms with van der Waals surface area (Å²) in [5, 5.41) is 4.84. The van der Waals surface area contributed by atoms with Gasteiger partial charge in [0.1, 0.15) is 10.3 Å². The summed E-state index contributed by atoms with van der Waals surface area (Å²) in [6, 6.07) is 13.0. The summed E-state index contributed by atoms with van der Waals surface area (Å²) in [5.41, 5.74) is -41.8. The van der Waals surface area contributed by atoms with Gasteiger partial charge in [0.25, 0.3) is 35.4 Å². The maximum atomic E-state index is 15.8. The van der Waals surface area contributed by atoms with Crippen LogP contribution in [-0.2, 0) is 35.5 Å². The third-order valence-electron chi connectivity index (χ3n) is 20.1. The number of amides is 6. The van der Waals surface area contributed by atoms with Gasteiger partial charge in [-0.2, -0.15) is 123 Å². The molecule has 3 heterocycles. The molecule has 0 atom stereocenters. The second kappa shape index (κ2) is 39.0. The van der Waals surface area contributed by atoms with Crippen molar-refractivity contribution < 1.29 is 178 Å². The van der Waals surface area contributed by atoms with Crippen LogP contribution in [0.5, 0.6) is 0 Å². The average Bonchev–Trinajstić information content (AvgIpc) is 1.59. The molecule has 3 saturated carbocycles. The molecule has 726 valence electrons. The van der Waals surface area contributed by atoms with Crippen molar-refractivity contribution in [2.45, 2.75) is 111 Å². The largest absolute Gasteiger partial charge is 0.435 e. The zero-order valence-corrected chi connectivity index (χ0v) is 72.1. The van der Waals surface area contributed by atoms with Crippen molar-refractivity contribution in [3.05, 3.63) is 260 Å². The van der Waals surface area contributed by atoms with Crippen molar-refractivity contribution in [1.82, 2.24) is 15.0 Å². The predicted molar refractivity (Wildman–Crippen MR) is 421 cm³/mol. The lowest BCUT2D eigenvalue weighted by atomic mass is 9.92. The molecule has 0 saturated heterocycles. The second-order valence-corrected chi connectivity index (χ2v) is 32.9. The molecule has 9 aromatic rings. The Morgan fingerprint density at radius 2 is 0.607 bits per heavy atom. The van der Waals surface area contributed by atoms with Crippen LogP contribution in [0.1, 0.15) is 134 Å². The maximum Gasteiger partial charge on any atom is 0.435 e. The Morgan fingerprint density at radius 1 is 0.333 bits per heavy atom. The van der Waals surface area contributed by atoms with Crippen LogP contribution in [0.25, 0.3) is 0 Å². The fourth-order valence-corrected chi connectivity index (χ4v) is 14.7. The smallest absolute Gasteiger partial charge is 0.320 e. The molecule has 54 heteroatoms. The van der Waals surface area contributed by atoms with Crippen molar-refractivity contribution in [3.8, 4) is 0 Å². The Morgan fingerprint density at radius 3 is 0.844 bits per heavy atom. The van der Waals surface area contributed by atoms with Gasteiger partial charge in [-0.1, -0.05) is 41.4 Å². The standard InChI is InChI=1S/2C27H16BrClF11N3O2.C27H16BrF12N3O2/c28-17-9-14(24(31,26(35,36)37)27(38,39)40)8-16(25(32,33)34)21(17)42-22(44)15-2-1-3-18(20(15)30)43(11-12-4-5-12)23(45)13-6-7-19(29)41-10-13;28-17-10-14(24(31,26(35,36)37)27(38,39)40)9-16(25(32,33)34)21(17)42-22(44)15-2-1-3-18(20(15)30)43(11-12-4-5-12)23(45)13-6-7-41-19(29)8-13;28-17-9-14(24(31,26(35,36)37)27(38,39)40)8-16(25(32,33)34)21(17)42-22(44)15-2-1-3-18(20(15)30)43(11-12-4-5-12)23(45)13-6-7-19(29)41-10-13/h3*1-3,6-10,12H,4-5,11H2,(H,42,44). The summed E-state index contributed by atoms with van der Waals surface area (Å²) in [4.78, 5) is 92.6. The minimum absolute atomic E-state index is 0.00889. The lowest BCUT2D eigenvalue weighted by molar-refractivity contribution is -0.349. The van der Waals surface area contributed by atoms with Gasteiger partial charge in [-0.05, 0) is 213 Å². The summed E-state index contributed by atoms with van der Waals surface area (Å²) in [5.74, 6) is -12.6. The van der Waals surface area contributed by atoms with E-state index >= 15 is 13.2 Å². The number of pyridine rings is 3. The zero-order chi connectivity index (χ0) is 101. The number of carbonyl (C=O) groups excluding carboxylic acids is 6. The summed E-state index contributed by atoms with van der Waals surface area (Å²) in [7, 11) is 0. The highest BCUT2D eigenvalue weighted by Gasteiger charge is 2.76. The molecule has 0 unspecified atom stereocenters. The van der Waals surface area contributed by atoms with Crippen LogP contribution in [0.4, 0.5) is 183 Å². The van der Waals surface area contributed by atoms with Gasteiger partial charge in [0, 0.05) is 73.9 Å². The molecule has 0 spiro atoms. The van der Waals surface area contributed by atoms with Crippen LogP contribution in [0, 0.1) is 41.2 Å². The van der Waals surface area contributed by atoms with E-state index in [2.05, 4.69) is 62.7 Å². The Bertz CT molecular complexity index is 5740. The third-order valence-corrected chi connectivity index (χ3v) is 22.4. The Hall–Kier alpha value is -10.8. The van der Waals surface area contributed by atoms with Gasteiger partial charge in [-0.3, -0.25) is 28.8 Å². The van der Waals surface area contributed by atoms with Crippen molar-refractivity contribution in [3.63, 3.8) is 0 Å². The van der Waals surface area contributed by atoms with E-state index < -0.39 is 247 Å². The van der Waals surface area contributed by atoms with E-state index in [0.29, 0.717) is 38.5 Å². The highest BCUT2D eigenvalue weighted by atomic mass is 79.9. The summed E-state index contributed by atoms with van der Waals surface area (Å²) in [6.45, 7) is -0.111. The molecule has 6 aromatic carbocycles. The minimum Gasteiger partial charge on any atom is -0.320 e. The van der Waals surface area contributed by atoms with Crippen molar-refractivity contribution >= 4 is 141 Å². The maximum absolute atomic E-state index is 15.8. The van der Waals surface area contributed by atoms with Crippen LogP contribution in [0.15, 0.2) is 159 Å². The molecule has 12 rings (SSSR count). The molecule has 3 aliphatic carbocycles. The normalized spacial score (nSPS) is 14.3. The van der Waals surface area contributed by atoms with E-state index in [1.54, 1.807) is 16.0 Å². The Kier molecular flexibility index (Phi) is 30.7. The second-order valence-electron chi connectivity index (χ2n) is 29.6. The number of nitrogens with one attached hydrogen (secondary N) is 3. The molecular formula is C81H48Br3Cl2F34N9O6. The number of carbonyl (C=O) groups is 6. The van der Waals surface area contributed by atoms with E-state index in [1.807, 2.05) is 0 Å². The number of benzene rings is 6. The van der Waals surface area contributed by atoms with Gasteiger partial charge < -0.3 is 30.7 Å². The van der Waals surface area contributed by atoms with Gasteiger partial charge in [-0.25, -0.2) is 41.3 Å². The molecule has 0 aliphatic heterocycles. The highest BCUT2D eigenvalue weighted by Crippen LogP contribution is 2.60. The number of aromatic nitrogens is 3. The lowest BCUT2D eigenvalue weighted by Crippen LogP contribution is -2.50. The van der Waals surface area contributed by atoms with Gasteiger partial charge in [0.15, 0.2) is 17.5 Å². The molecule has 3 aliphatic rings. The summed E-state index contributed by atoms with van der Waals surface area (Å²) >= 11 is 18.7. The molecule has 135 heavy (non-hydrogen) atoms. The van der Waals surface area contributed by atoms with Gasteiger partial charge in [-0.15, -0.1) is 0 Å². The van der Waals surface area contributed by atoms with Crippen molar-refractivity contribution in [2.24, 2.45) is 17.8 Å². The van der Waals surface area contributed by atoms with E-state index in [-0.39, 0.29) is 82.6 Å². The van der Waals surface area contributed by atoms with E-state index in [4.69, 9.17) is 23.2 Å². The molecule has 6 amide bonds. The van der Waals surface area contributed by atoms with Crippen LogP contribution in [-0.4, -0.2) is 107 Å². The monoisotopic (exact) mass is 2200 g/mol. The number of anilines is 6. The summed E-state index contributed by atoms with van der Waals surface area (Å²) in [6.07, 6.45) is -50.4. The van der Waals surface area contributed by atoms with Crippen LogP contribution in [0.2, 0.25) is 10.3 Å². The van der Waals surface area contributed by atoms with Gasteiger partial charge in [0.05, 0.1) is 78.6 Å². The average molecular weight is 2200 g/mol. The minimum atomic E-state index is -6.74. The first-order valence-corrected chi connectivity index (χ1v) is 40.4. The first-order valence-electron chi connectivity index (χ1n) is 37.3. The molecule has 3 aromatic heterocycles. The Labute approximate surface area is 768 Å². The quantitative estimate of drug-likeness (QED) is 0.0465. The molecule has 0 radical (unpaired) electrons. The lowest BCUT2D eigenvalue weighted by Gasteiger charge is -2.31.